The van der Waals surface area contributed by atoms with Crippen LogP contribution in [0.1, 0.15) is 17.0 Å². The first-order chi connectivity index (χ1) is 8.49. The Bertz CT molecular complexity index is 533. The maximum atomic E-state index is 13.0. The SMILES string of the molecule is Cc1ccc(C)n1NCc1cc(F)c(F)c(F)c1. The Morgan fingerprint density at radius 2 is 1.50 bits per heavy atom. The molecule has 96 valence electrons. The summed E-state index contributed by atoms with van der Waals surface area (Å²) in [5.74, 6) is -3.78. The molecule has 0 bridgehead atoms. The van der Waals surface area contributed by atoms with E-state index in [4.69, 9.17) is 0 Å². The Kier molecular flexibility index (Phi) is 3.32. The standard InChI is InChI=1S/C13H13F3N2/c1-8-3-4-9(2)18(8)17-7-10-5-11(14)13(16)12(15)6-10/h3-6,17H,7H2,1-2H3. The molecule has 0 unspecified atom stereocenters. The second-order valence-corrected chi connectivity index (χ2v) is 4.16. The number of hydrogen-bond donors (Lipinski definition) is 1. The van der Waals surface area contributed by atoms with Gasteiger partial charge in [-0.1, -0.05) is 0 Å². The fraction of sp³-hybridized carbons (Fsp3) is 0.231. The zero-order valence-corrected chi connectivity index (χ0v) is 10.1. The molecule has 5 heteroatoms. The first-order valence-electron chi connectivity index (χ1n) is 5.51. The molecule has 0 spiro atoms. The van der Waals surface area contributed by atoms with Crippen LogP contribution >= 0.6 is 0 Å². The summed E-state index contributed by atoms with van der Waals surface area (Å²) in [6.45, 7) is 4.03. The van der Waals surface area contributed by atoms with Crippen LogP contribution in [0.15, 0.2) is 24.3 Å². The van der Waals surface area contributed by atoms with E-state index in [-0.39, 0.29) is 6.54 Å². The van der Waals surface area contributed by atoms with E-state index in [2.05, 4.69) is 5.43 Å². The molecule has 2 aromatic rings. The molecule has 0 saturated heterocycles. The minimum atomic E-state index is -1.44. The summed E-state index contributed by atoms with van der Waals surface area (Å²) >= 11 is 0. The molecule has 2 nitrogen and oxygen atoms in total. The summed E-state index contributed by atoms with van der Waals surface area (Å²) in [7, 11) is 0. The normalized spacial score (nSPS) is 10.7. The van der Waals surface area contributed by atoms with Gasteiger partial charge in [0.1, 0.15) is 0 Å². The number of nitrogens with zero attached hydrogens (tertiary/aromatic N) is 1. The van der Waals surface area contributed by atoms with Crippen molar-refractivity contribution in [1.82, 2.24) is 4.68 Å². The molecule has 1 heterocycles. The highest BCUT2D eigenvalue weighted by molar-refractivity contribution is 5.22. The van der Waals surface area contributed by atoms with Gasteiger partial charge in [0, 0.05) is 11.4 Å². The third-order valence-corrected chi connectivity index (χ3v) is 2.76. The van der Waals surface area contributed by atoms with Gasteiger partial charge in [0.05, 0.1) is 6.54 Å². The van der Waals surface area contributed by atoms with Gasteiger partial charge in [0.25, 0.3) is 0 Å². The van der Waals surface area contributed by atoms with E-state index in [0.717, 1.165) is 23.5 Å². The van der Waals surface area contributed by atoms with E-state index in [1.165, 1.54) is 0 Å². The number of rotatable bonds is 3. The van der Waals surface area contributed by atoms with Gasteiger partial charge in [-0.2, -0.15) is 0 Å². The molecule has 18 heavy (non-hydrogen) atoms. The quantitative estimate of drug-likeness (QED) is 0.832. The maximum absolute atomic E-state index is 13.0. The van der Waals surface area contributed by atoms with E-state index in [9.17, 15) is 13.2 Å². The summed E-state index contributed by atoms with van der Waals surface area (Å²) in [6.07, 6.45) is 0. The molecule has 1 aromatic heterocycles. The fourth-order valence-electron chi connectivity index (χ4n) is 1.80. The second kappa shape index (κ2) is 4.76. The summed E-state index contributed by atoms with van der Waals surface area (Å²) in [5, 5.41) is 0. The third kappa shape index (κ3) is 2.34. The number of benzene rings is 1. The predicted octanol–water partition coefficient (Wildman–Crippen LogP) is 3.27. The van der Waals surface area contributed by atoms with Crippen molar-refractivity contribution < 1.29 is 13.2 Å². The van der Waals surface area contributed by atoms with Crippen molar-refractivity contribution in [3.05, 3.63) is 58.7 Å². The zero-order chi connectivity index (χ0) is 13.3. The van der Waals surface area contributed by atoms with Crippen molar-refractivity contribution in [3.8, 4) is 0 Å². The van der Waals surface area contributed by atoms with E-state index in [1.807, 2.05) is 26.0 Å². The van der Waals surface area contributed by atoms with Crippen LogP contribution in [0.5, 0.6) is 0 Å². The second-order valence-electron chi connectivity index (χ2n) is 4.16. The molecule has 2 rings (SSSR count). The van der Waals surface area contributed by atoms with Crippen LogP contribution in [0.2, 0.25) is 0 Å². The number of nitrogens with one attached hydrogen (secondary N) is 1. The van der Waals surface area contributed by atoms with Gasteiger partial charge < -0.3 is 5.43 Å². The van der Waals surface area contributed by atoms with Gasteiger partial charge >= 0.3 is 0 Å². The molecular weight excluding hydrogens is 241 g/mol. The van der Waals surface area contributed by atoms with Crippen molar-refractivity contribution >= 4 is 0 Å². The molecular formula is C13H13F3N2. The minimum absolute atomic E-state index is 0.213. The lowest BCUT2D eigenvalue weighted by Gasteiger charge is -2.13. The van der Waals surface area contributed by atoms with Gasteiger partial charge in [0.15, 0.2) is 17.5 Å². The summed E-state index contributed by atoms with van der Waals surface area (Å²) in [6, 6.07) is 5.82. The Hall–Kier alpha value is -1.91. The third-order valence-electron chi connectivity index (χ3n) is 2.76. The number of aromatic nitrogens is 1. The van der Waals surface area contributed by atoms with E-state index < -0.39 is 17.5 Å². The van der Waals surface area contributed by atoms with Gasteiger partial charge in [0.2, 0.25) is 0 Å². The summed E-state index contributed by atoms with van der Waals surface area (Å²) < 4.78 is 40.6. The zero-order valence-electron chi connectivity index (χ0n) is 10.1. The molecule has 0 aliphatic carbocycles. The minimum Gasteiger partial charge on any atom is -0.322 e. The lowest BCUT2D eigenvalue weighted by atomic mass is 10.2. The van der Waals surface area contributed by atoms with Gasteiger partial charge in [-0.15, -0.1) is 0 Å². The molecule has 0 aliphatic rings. The van der Waals surface area contributed by atoms with Crippen LogP contribution in [0.3, 0.4) is 0 Å². The highest BCUT2D eigenvalue weighted by Gasteiger charge is 2.10. The highest BCUT2D eigenvalue weighted by atomic mass is 19.2. The smallest absolute Gasteiger partial charge is 0.194 e. The lowest BCUT2D eigenvalue weighted by Crippen LogP contribution is -2.17. The topological polar surface area (TPSA) is 17.0 Å². The van der Waals surface area contributed by atoms with Crippen LogP contribution < -0.4 is 5.43 Å². The van der Waals surface area contributed by atoms with Crippen LogP contribution in [0.25, 0.3) is 0 Å². The molecule has 0 amide bonds. The van der Waals surface area contributed by atoms with Crippen molar-refractivity contribution in [3.63, 3.8) is 0 Å². The van der Waals surface area contributed by atoms with Crippen molar-refractivity contribution in [2.24, 2.45) is 0 Å². The van der Waals surface area contributed by atoms with E-state index in [1.54, 1.807) is 4.68 Å². The fourth-order valence-corrected chi connectivity index (χ4v) is 1.80. The molecule has 0 fully saturated rings. The van der Waals surface area contributed by atoms with E-state index >= 15 is 0 Å². The van der Waals surface area contributed by atoms with Crippen molar-refractivity contribution in [2.75, 3.05) is 5.43 Å². The number of hydrogen-bond acceptors (Lipinski definition) is 1. The first kappa shape index (κ1) is 12.5. The number of aryl methyl sites for hydroxylation is 2. The molecule has 0 saturated carbocycles. The Morgan fingerprint density at radius 3 is 2.00 bits per heavy atom. The van der Waals surface area contributed by atoms with Crippen LogP contribution in [-0.2, 0) is 6.54 Å². The molecule has 1 aromatic carbocycles. The molecule has 0 radical (unpaired) electrons. The maximum Gasteiger partial charge on any atom is 0.194 e. The highest BCUT2D eigenvalue weighted by Crippen LogP contribution is 2.14. The van der Waals surface area contributed by atoms with Crippen LogP contribution in [0.4, 0.5) is 13.2 Å². The molecule has 0 atom stereocenters. The lowest BCUT2D eigenvalue weighted by molar-refractivity contribution is 0.445. The average molecular weight is 254 g/mol. The summed E-state index contributed by atoms with van der Waals surface area (Å²) in [5.41, 5.74) is 5.32. The Morgan fingerprint density at radius 1 is 1.00 bits per heavy atom. The Balaban J connectivity index is 2.16. The summed E-state index contributed by atoms with van der Waals surface area (Å²) in [4.78, 5) is 0. The van der Waals surface area contributed by atoms with Gasteiger partial charge in [-0.25, -0.2) is 13.2 Å². The number of halogens is 3. The largest absolute Gasteiger partial charge is 0.322 e. The monoisotopic (exact) mass is 254 g/mol. The average Bonchev–Trinajstić information content (AvgIpc) is 2.63. The van der Waals surface area contributed by atoms with Crippen LogP contribution in [-0.4, -0.2) is 4.68 Å². The van der Waals surface area contributed by atoms with Crippen molar-refractivity contribution in [1.29, 1.82) is 0 Å². The van der Waals surface area contributed by atoms with Crippen molar-refractivity contribution in [2.45, 2.75) is 20.4 Å². The first-order valence-corrected chi connectivity index (χ1v) is 5.51. The Labute approximate surface area is 103 Å². The van der Waals surface area contributed by atoms with E-state index in [0.29, 0.717) is 5.56 Å². The molecule has 1 N–H and O–H groups in total. The molecule has 0 aliphatic heterocycles. The van der Waals surface area contributed by atoms with Gasteiger partial charge in [-0.3, -0.25) is 4.68 Å². The van der Waals surface area contributed by atoms with Crippen LogP contribution in [0, 0.1) is 31.3 Å². The van der Waals surface area contributed by atoms with Gasteiger partial charge in [-0.05, 0) is 43.7 Å². The predicted molar refractivity (Wildman–Crippen MR) is 63.3 cm³/mol.